The molecule has 0 aliphatic rings. The lowest BCUT2D eigenvalue weighted by Crippen LogP contribution is -2.20. The Hall–Kier alpha value is -4.03. The molecule has 2 heterocycles. The average molecular weight is 450 g/mol. The highest BCUT2D eigenvalue weighted by Gasteiger charge is 2.37. The van der Waals surface area contributed by atoms with E-state index >= 15 is 0 Å². The van der Waals surface area contributed by atoms with Gasteiger partial charge in [-0.1, -0.05) is 30.3 Å². The van der Waals surface area contributed by atoms with Crippen molar-refractivity contribution in [1.29, 1.82) is 5.26 Å². The average Bonchev–Trinajstić information content (AvgIpc) is 3.27. The first kappa shape index (κ1) is 21.2. The van der Waals surface area contributed by atoms with Crippen LogP contribution in [0.1, 0.15) is 21.6 Å². The summed E-state index contributed by atoms with van der Waals surface area (Å²) in [5.74, 6) is -0.933. The van der Waals surface area contributed by atoms with E-state index in [1.54, 1.807) is 17.5 Å². The van der Waals surface area contributed by atoms with Crippen LogP contribution in [0.5, 0.6) is 0 Å². The lowest BCUT2D eigenvalue weighted by molar-refractivity contribution is -0.141. The van der Waals surface area contributed by atoms with Crippen LogP contribution in [0.25, 0.3) is 22.4 Å². The second-order valence-corrected chi connectivity index (χ2v) is 7.52. The molecule has 0 aliphatic heterocycles. The molecule has 158 valence electrons. The van der Waals surface area contributed by atoms with Gasteiger partial charge >= 0.3 is 6.18 Å². The second kappa shape index (κ2) is 8.61. The summed E-state index contributed by atoms with van der Waals surface area (Å²) in [6, 6.07) is 19.1. The van der Waals surface area contributed by atoms with Crippen molar-refractivity contribution in [2.75, 3.05) is 5.32 Å². The molecule has 4 aromatic rings. The summed E-state index contributed by atoms with van der Waals surface area (Å²) in [5.41, 5.74) is 1.93. The Morgan fingerprint density at radius 3 is 2.47 bits per heavy atom. The smallest absolute Gasteiger partial charge is 0.298 e. The van der Waals surface area contributed by atoms with E-state index < -0.39 is 23.3 Å². The summed E-state index contributed by atoms with van der Waals surface area (Å²) in [7, 11) is 0. The topological polar surface area (TPSA) is 78.7 Å². The van der Waals surface area contributed by atoms with Crippen molar-refractivity contribution in [3.05, 3.63) is 89.1 Å². The van der Waals surface area contributed by atoms with E-state index in [9.17, 15) is 18.0 Å². The molecule has 0 radical (unpaired) electrons. The second-order valence-electron chi connectivity index (χ2n) is 6.66. The molecule has 32 heavy (non-hydrogen) atoms. The van der Waals surface area contributed by atoms with Crippen LogP contribution in [0.15, 0.2) is 72.2 Å². The number of anilines is 1. The number of aromatic nitrogens is 2. The maximum atomic E-state index is 13.1. The van der Waals surface area contributed by atoms with Crippen molar-refractivity contribution in [2.24, 2.45) is 0 Å². The highest BCUT2D eigenvalue weighted by molar-refractivity contribution is 7.14. The number of alkyl halides is 3. The third-order valence-electron chi connectivity index (χ3n) is 4.55. The van der Waals surface area contributed by atoms with Crippen molar-refractivity contribution >= 4 is 22.4 Å². The summed E-state index contributed by atoms with van der Waals surface area (Å²) < 4.78 is 39.4. The van der Waals surface area contributed by atoms with Crippen LogP contribution in [0.3, 0.4) is 0 Å². The number of pyridine rings is 1. The highest BCUT2D eigenvalue weighted by Crippen LogP contribution is 2.32. The van der Waals surface area contributed by atoms with Crippen LogP contribution >= 0.6 is 11.3 Å². The van der Waals surface area contributed by atoms with Crippen LogP contribution in [0.4, 0.5) is 18.3 Å². The Kier molecular flexibility index (Phi) is 5.71. The third kappa shape index (κ3) is 4.50. The number of amides is 1. The fourth-order valence-corrected chi connectivity index (χ4v) is 3.75. The van der Waals surface area contributed by atoms with Gasteiger partial charge in [-0.15, -0.1) is 11.3 Å². The van der Waals surface area contributed by atoms with Gasteiger partial charge in [0.25, 0.3) is 5.91 Å². The van der Waals surface area contributed by atoms with Gasteiger partial charge in [0.2, 0.25) is 0 Å². The summed E-state index contributed by atoms with van der Waals surface area (Å²) in [4.78, 5) is 20.0. The number of rotatable bonds is 4. The Morgan fingerprint density at radius 1 is 1.00 bits per heavy atom. The first-order valence-corrected chi connectivity index (χ1v) is 10.1. The fraction of sp³-hybridized carbons (Fsp3) is 0.0435. The van der Waals surface area contributed by atoms with E-state index in [0.29, 0.717) is 11.3 Å². The molecule has 9 heteroatoms. The minimum atomic E-state index is -4.74. The molecular formula is C23H13F3N4OS. The molecule has 5 nitrogen and oxygen atoms in total. The molecule has 0 saturated heterocycles. The molecule has 4 rings (SSSR count). The van der Waals surface area contributed by atoms with Gasteiger partial charge in [0.1, 0.15) is 0 Å². The summed E-state index contributed by atoms with van der Waals surface area (Å²) in [6.07, 6.45) is -3.75. The van der Waals surface area contributed by atoms with Crippen molar-refractivity contribution in [2.45, 2.75) is 6.18 Å². The number of carbonyl (C=O) groups is 1. The standard InChI is InChI=1S/C23H13F3N4OS/c24-23(25,26)20-18(5-2-10-28-20)21(31)30-22-29-19(13-32-22)17-4-1-3-16(11-17)15-8-6-14(12-27)7-9-15/h1-11,13H,(H,29,30,31). The molecular weight excluding hydrogens is 437 g/mol. The van der Waals surface area contributed by atoms with Gasteiger partial charge in [-0.25, -0.2) is 4.98 Å². The predicted molar refractivity (Wildman–Crippen MR) is 115 cm³/mol. The van der Waals surface area contributed by atoms with Crippen molar-refractivity contribution in [3.63, 3.8) is 0 Å². The lowest BCUT2D eigenvalue weighted by Gasteiger charge is -2.10. The summed E-state index contributed by atoms with van der Waals surface area (Å²) in [6.45, 7) is 0. The highest BCUT2D eigenvalue weighted by atomic mass is 32.1. The number of benzene rings is 2. The Morgan fingerprint density at radius 2 is 1.75 bits per heavy atom. The molecule has 0 unspecified atom stereocenters. The van der Waals surface area contributed by atoms with Crippen LogP contribution in [0, 0.1) is 11.3 Å². The molecule has 0 bridgehead atoms. The molecule has 2 aromatic heterocycles. The number of halogens is 3. The maximum absolute atomic E-state index is 13.1. The van der Waals surface area contributed by atoms with Gasteiger partial charge in [0.15, 0.2) is 10.8 Å². The number of thiazole rings is 1. The Labute approximate surface area is 184 Å². The van der Waals surface area contributed by atoms with Crippen LogP contribution in [-0.4, -0.2) is 15.9 Å². The van der Waals surface area contributed by atoms with E-state index in [0.717, 1.165) is 40.3 Å². The van der Waals surface area contributed by atoms with Crippen LogP contribution < -0.4 is 5.32 Å². The fourth-order valence-electron chi connectivity index (χ4n) is 3.04. The van der Waals surface area contributed by atoms with Crippen LogP contribution in [0.2, 0.25) is 0 Å². The van der Waals surface area contributed by atoms with E-state index in [4.69, 9.17) is 5.26 Å². The normalized spacial score (nSPS) is 11.1. The van der Waals surface area contributed by atoms with Crippen LogP contribution in [-0.2, 0) is 6.18 Å². The number of carbonyl (C=O) groups excluding carboxylic acids is 1. The van der Waals surface area contributed by atoms with Gasteiger partial charge in [0, 0.05) is 17.1 Å². The minimum absolute atomic E-state index is 0.172. The molecule has 1 N–H and O–H groups in total. The van der Waals surface area contributed by atoms with Crippen molar-refractivity contribution in [3.8, 4) is 28.5 Å². The largest absolute Gasteiger partial charge is 0.434 e. The number of nitrogens with zero attached hydrogens (tertiary/aromatic N) is 3. The minimum Gasteiger partial charge on any atom is -0.298 e. The van der Waals surface area contributed by atoms with E-state index in [2.05, 4.69) is 21.4 Å². The monoisotopic (exact) mass is 450 g/mol. The Balaban J connectivity index is 1.56. The predicted octanol–water partition coefficient (Wildman–Crippen LogP) is 6.01. The molecule has 1 amide bonds. The van der Waals surface area contributed by atoms with E-state index in [1.165, 1.54) is 6.07 Å². The van der Waals surface area contributed by atoms with Gasteiger partial charge in [-0.05, 0) is 41.5 Å². The number of hydrogen-bond donors (Lipinski definition) is 1. The third-order valence-corrected chi connectivity index (χ3v) is 5.31. The number of hydrogen-bond acceptors (Lipinski definition) is 5. The molecule has 2 aromatic carbocycles. The zero-order valence-corrected chi connectivity index (χ0v) is 17.0. The molecule has 0 fully saturated rings. The first-order chi connectivity index (χ1) is 15.3. The summed E-state index contributed by atoms with van der Waals surface area (Å²) >= 11 is 1.11. The molecule has 0 saturated carbocycles. The van der Waals surface area contributed by atoms with Gasteiger partial charge < -0.3 is 0 Å². The zero-order valence-electron chi connectivity index (χ0n) is 16.2. The molecule has 0 spiro atoms. The number of nitriles is 1. The Bertz CT molecular complexity index is 1320. The van der Waals surface area contributed by atoms with Crippen molar-refractivity contribution in [1.82, 2.24) is 9.97 Å². The zero-order chi connectivity index (χ0) is 22.7. The molecule has 0 aliphatic carbocycles. The number of nitrogens with one attached hydrogen (secondary N) is 1. The van der Waals surface area contributed by atoms with Gasteiger partial charge in [0.05, 0.1) is 22.9 Å². The maximum Gasteiger partial charge on any atom is 0.434 e. The van der Waals surface area contributed by atoms with E-state index in [-0.39, 0.29) is 5.13 Å². The van der Waals surface area contributed by atoms with Gasteiger partial charge in [-0.2, -0.15) is 18.4 Å². The van der Waals surface area contributed by atoms with Crippen molar-refractivity contribution < 1.29 is 18.0 Å². The quantitative estimate of drug-likeness (QED) is 0.413. The first-order valence-electron chi connectivity index (χ1n) is 9.25. The lowest BCUT2D eigenvalue weighted by atomic mass is 10.0. The molecule has 0 atom stereocenters. The SMILES string of the molecule is N#Cc1ccc(-c2cccc(-c3csc(NC(=O)c4cccnc4C(F)(F)F)n3)c2)cc1. The van der Waals surface area contributed by atoms with Gasteiger partial charge in [-0.3, -0.25) is 15.1 Å². The summed E-state index contributed by atoms with van der Waals surface area (Å²) in [5, 5.41) is 13.2. The van der Waals surface area contributed by atoms with E-state index in [1.807, 2.05) is 36.4 Å².